The lowest BCUT2D eigenvalue weighted by atomic mass is 10.1. The largest absolute Gasteiger partial charge is 0.340 e. The molecule has 0 fully saturated rings. The molecular weight excluding hydrogens is 438 g/mol. The average Bonchev–Trinajstić information content (AvgIpc) is 2.75. The number of hydrogen-bond donors (Lipinski definition) is 0. The molecule has 0 atom stereocenters. The quantitative estimate of drug-likeness (QED) is 0.279. The van der Waals surface area contributed by atoms with E-state index in [0.717, 1.165) is 22.1 Å². The third-order valence-corrected chi connectivity index (χ3v) is 6.70. The minimum Gasteiger partial charge on any atom is -0.340 e. The molecule has 0 aromatic heterocycles. The van der Waals surface area contributed by atoms with Crippen molar-refractivity contribution in [3.63, 3.8) is 0 Å². The second kappa shape index (κ2) is 9.57. The molecule has 0 N–H and O–H groups in total. The summed E-state index contributed by atoms with van der Waals surface area (Å²) in [6.45, 7) is 3.33. The van der Waals surface area contributed by atoms with E-state index in [4.69, 9.17) is 0 Å². The first kappa shape index (κ1) is 20.1. The van der Waals surface area contributed by atoms with Gasteiger partial charge in [0.2, 0.25) is 0 Å². The molecule has 0 aliphatic carbocycles. The predicted molar refractivity (Wildman–Crippen MR) is 128 cm³/mol. The smallest absolute Gasteiger partial charge is 0.0553 e. The van der Waals surface area contributed by atoms with Crippen molar-refractivity contribution in [1.29, 1.82) is 0 Å². The second-order valence-electron chi connectivity index (χ2n) is 7.22. The molecule has 146 valence electrons. The minimum absolute atomic E-state index is 1.03. The summed E-state index contributed by atoms with van der Waals surface area (Å²) in [5.74, 6) is 6.61. The molecule has 29 heavy (non-hydrogen) atoms. The van der Waals surface area contributed by atoms with Crippen LogP contribution in [0.3, 0.4) is 0 Å². The Morgan fingerprint density at radius 3 is 2.34 bits per heavy atom. The van der Waals surface area contributed by atoms with Crippen molar-refractivity contribution in [2.24, 2.45) is 0 Å². The fraction of sp³-hybridized carbons (Fsp3) is 0.231. The van der Waals surface area contributed by atoms with Gasteiger partial charge in [0.1, 0.15) is 0 Å². The molecule has 1 aliphatic heterocycles. The second-order valence-corrected chi connectivity index (χ2v) is 9.22. The number of para-hydroxylation sites is 1. The molecule has 3 heteroatoms. The van der Waals surface area contributed by atoms with Crippen molar-refractivity contribution in [1.82, 2.24) is 0 Å². The lowest BCUT2D eigenvalue weighted by Crippen LogP contribution is -2.22. The fourth-order valence-electron chi connectivity index (χ4n) is 3.53. The van der Waals surface area contributed by atoms with Gasteiger partial charge in [-0.15, -0.1) is 0 Å². The third kappa shape index (κ3) is 4.89. The first-order valence-electron chi connectivity index (χ1n) is 10.2. The van der Waals surface area contributed by atoms with Crippen molar-refractivity contribution in [3.05, 3.63) is 82.3 Å². The van der Waals surface area contributed by atoms with Gasteiger partial charge in [-0.3, -0.25) is 0 Å². The van der Waals surface area contributed by atoms with Crippen molar-refractivity contribution >= 4 is 39.1 Å². The Kier molecular flexibility index (Phi) is 6.64. The van der Waals surface area contributed by atoms with Crippen LogP contribution in [-0.4, -0.2) is 6.54 Å². The standard InChI is InChI=1S/C26H24BrNS/c1-2-3-4-7-18-28-23-8-5-6-9-25(23)29-26-19-21(14-17-24(26)28)11-10-20-12-15-22(27)16-13-20/h5-6,8-9,12-17,19H,2-4,7,18H2,1H3. The van der Waals surface area contributed by atoms with E-state index in [1.165, 1.54) is 46.8 Å². The number of hydrogen-bond acceptors (Lipinski definition) is 2. The first-order valence-corrected chi connectivity index (χ1v) is 11.8. The van der Waals surface area contributed by atoms with E-state index in [9.17, 15) is 0 Å². The van der Waals surface area contributed by atoms with Gasteiger partial charge in [0.05, 0.1) is 11.4 Å². The van der Waals surface area contributed by atoms with Gasteiger partial charge in [-0.1, -0.05) is 77.9 Å². The number of benzene rings is 3. The Labute approximate surface area is 186 Å². The Bertz CT molecular complexity index is 1050. The van der Waals surface area contributed by atoms with E-state index in [1.807, 2.05) is 36.0 Å². The number of fused-ring (bicyclic) bond motifs is 2. The van der Waals surface area contributed by atoms with Crippen LogP contribution in [-0.2, 0) is 0 Å². The molecule has 0 radical (unpaired) electrons. The summed E-state index contributed by atoms with van der Waals surface area (Å²) in [6.07, 6.45) is 5.08. The molecular formula is C26H24BrNS. The van der Waals surface area contributed by atoms with Gasteiger partial charge in [-0.25, -0.2) is 0 Å². The monoisotopic (exact) mass is 461 g/mol. The molecule has 0 unspecified atom stereocenters. The third-order valence-electron chi connectivity index (χ3n) is 5.06. The van der Waals surface area contributed by atoms with Gasteiger partial charge >= 0.3 is 0 Å². The highest BCUT2D eigenvalue weighted by atomic mass is 79.9. The predicted octanol–water partition coefficient (Wildman–Crippen LogP) is 8.03. The summed E-state index contributed by atoms with van der Waals surface area (Å²) in [4.78, 5) is 5.11. The first-order chi connectivity index (χ1) is 14.2. The van der Waals surface area contributed by atoms with E-state index in [-0.39, 0.29) is 0 Å². The maximum Gasteiger partial charge on any atom is 0.0553 e. The Balaban J connectivity index is 1.61. The summed E-state index contributed by atoms with van der Waals surface area (Å²) in [6, 6.07) is 23.5. The number of unbranched alkanes of at least 4 members (excludes halogenated alkanes) is 3. The molecule has 0 bridgehead atoms. The van der Waals surface area contributed by atoms with Crippen molar-refractivity contribution < 1.29 is 0 Å². The SMILES string of the molecule is CCCCCCN1c2ccccc2Sc2cc(C#Cc3ccc(Br)cc3)ccc21. The molecule has 3 aromatic rings. The van der Waals surface area contributed by atoms with Crippen molar-refractivity contribution in [2.75, 3.05) is 11.4 Å². The van der Waals surface area contributed by atoms with E-state index in [1.54, 1.807) is 0 Å². The van der Waals surface area contributed by atoms with Crippen LogP contribution >= 0.6 is 27.7 Å². The summed E-state index contributed by atoms with van der Waals surface area (Å²) in [5.41, 5.74) is 4.72. The normalized spacial score (nSPS) is 12.0. The molecule has 0 amide bonds. The van der Waals surface area contributed by atoms with Crippen LogP contribution in [0.4, 0.5) is 11.4 Å². The molecule has 3 aromatic carbocycles. The molecule has 0 saturated heterocycles. The van der Waals surface area contributed by atoms with Crippen molar-refractivity contribution in [2.45, 2.75) is 42.4 Å². The summed E-state index contributed by atoms with van der Waals surface area (Å²) in [7, 11) is 0. The lowest BCUT2D eigenvalue weighted by molar-refractivity contribution is 0.665. The number of halogens is 1. The maximum absolute atomic E-state index is 3.47. The lowest BCUT2D eigenvalue weighted by Gasteiger charge is -2.33. The number of anilines is 2. The van der Waals surface area contributed by atoms with Crippen LogP contribution in [0.5, 0.6) is 0 Å². The van der Waals surface area contributed by atoms with E-state index >= 15 is 0 Å². The van der Waals surface area contributed by atoms with Crippen LogP contribution in [0.2, 0.25) is 0 Å². The van der Waals surface area contributed by atoms with Crippen LogP contribution in [0.1, 0.15) is 43.7 Å². The number of rotatable bonds is 5. The van der Waals surface area contributed by atoms with Gasteiger partial charge in [0, 0.05) is 31.9 Å². The Morgan fingerprint density at radius 2 is 1.52 bits per heavy atom. The molecule has 1 nitrogen and oxygen atoms in total. The van der Waals surface area contributed by atoms with Gasteiger partial charge in [0.15, 0.2) is 0 Å². The molecule has 0 saturated carbocycles. The number of nitrogens with zero attached hydrogens (tertiary/aromatic N) is 1. The minimum atomic E-state index is 1.03. The van der Waals surface area contributed by atoms with Gasteiger partial charge in [-0.2, -0.15) is 0 Å². The average molecular weight is 462 g/mol. The Morgan fingerprint density at radius 1 is 0.793 bits per heavy atom. The van der Waals surface area contributed by atoms with E-state index in [0.29, 0.717) is 0 Å². The van der Waals surface area contributed by atoms with Gasteiger partial charge in [0.25, 0.3) is 0 Å². The zero-order valence-electron chi connectivity index (χ0n) is 16.6. The highest BCUT2D eigenvalue weighted by Crippen LogP contribution is 2.48. The zero-order valence-corrected chi connectivity index (χ0v) is 19.0. The zero-order chi connectivity index (χ0) is 20.1. The van der Waals surface area contributed by atoms with Crippen LogP contribution in [0.15, 0.2) is 81.0 Å². The van der Waals surface area contributed by atoms with Gasteiger partial charge in [-0.05, 0) is 61.0 Å². The fourth-order valence-corrected chi connectivity index (χ4v) is 4.93. The van der Waals surface area contributed by atoms with Crippen LogP contribution in [0.25, 0.3) is 0 Å². The van der Waals surface area contributed by atoms with Crippen molar-refractivity contribution in [3.8, 4) is 11.8 Å². The highest BCUT2D eigenvalue weighted by molar-refractivity contribution is 9.10. The molecule has 1 heterocycles. The van der Waals surface area contributed by atoms with Gasteiger partial charge < -0.3 is 4.90 Å². The van der Waals surface area contributed by atoms with E-state index < -0.39 is 0 Å². The van der Waals surface area contributed by atoms with Crippen LogP contribution < -0.4 is 4.90 Å². The molecule has 1 aliphatic rings. The highest BCUT2D eigenvalue weighted by Gasteiger charge is 2.22. The molecule has 4 rings (SSSR count). The molecule has 0 spiro atoms. The topological polar surface area (TPSA) is 3.24 Å². The summed E-state index contributed by atoms with van der Waals surface area (Å²) in [5, 5.41) is 0. The Hall–Kier alpha value is -2.15. The summed E-state index contributed by atoms with van der Waals surface area (Å²) < 4.78 is 1.07. The summed E-state index contributed by atoms with van der Waals surface area (Å²) >= 11 is 5.32. The van der Waals surface area contributed by atoms with E-state index in [2.05, 4.69) is 82.1 Å². The van der Waals surface area contributed by atoms with Crippen LogP contribution in [0, 0.1) is 11.8 Å². The maximum atomic E-state index is 3.47.